The SMILES string of the molecule is C=CC(=O)N1CC[C@H](n2ncc3c(N4CC(C)(N(C)C)C4)nc4c(F)c(-c5c(C)c(Cl)cc6[nH]ncc56)c(Cl)cc4c32)C[C@H]1CC#N. The van der Waals surface area contributed by atoms with Gasteiger partial charge in [-0.15, -0.1) is 0 Å². The van der Waals surface area contributed by atoms with E-state index in [9.17, 15) is 10.1 Å². The van der Waals surface area contributed by atoms with Crippen LogP contribution in [-0.2, 0) is 4.79 Å². The molecule has 47 heavy (non-hydrogen) atoms. The lowest BCUT2D eigenvalue weighted by Gasteiger charge is -2.52. The number of carbonyl (C=O) groups is 1. The Morgan fingerprint density at radius 3 is 2.68 bits per heavy atom. The third-order valence-electron chi connectivity index (χ3n) is 10.2. The largest absolute Gasteiger partial charge is 0.352 e. The molecule has 3 aromatic heterocycles. The molecule has 2 fully saturated rings. The summed E-state index contributed by atoms with van der Waals surface area (Å²) in [6.45, 7) is 9.52. The van der Waals surface area contributed by atoms with Crippen LogP contribution in [0.4, 0.5) is 10.2 Å². The van der Waals surface area contributed by atoms with Crippen molar-refractivity contribution in [3.63, 3.8) is 0 Å². The average molecular weight is 675 g/mol. The second-order valence-electron chi connectivity index (χ2n) is 13.1. The van der Waals surface area contributed by atoms with Crippen molar-refractivity contribution in [2.75, 3.05) is 38.6 Å². The number of pyridine rings is 1. The van der Waals surface area contributed by atoms with Crippen molar-refractivity contribution in [1.82, 2.24) is 34.8 Å². The number of carbonyl (C=O) groups excluding carboxylic acids is 1. The van der Waals surface area contributed by atoms with Gasteiger partial charge in [-0.2, -0.15) is 15.5 Å². The van der Waals surface area contributed by atoms with E-state index in [1.165, 1.54) is 6.08 Å². The molecule has 0 radical (unpaired) electrons. The summed E-state index contributed by atoms with van der Waals surface area (Å²) in [6, 6.07) is 5.31. The van der Waals surface area contributed by atoms with Gasteiger partial charge >= 0.3 is 0 Å². The summed E-state index contributed by atoms with van der Waals surface area (Å²) in [5.74, 6) is -0.104. The van der Waals surface area contributed by atoms with Gasteiger partial charge in [0.25, 0.3) is 0 Å². The van der Waals surface area contributed by atoms with Crippen LogP contribution in [0.15, 0.2) is 37.2 Å². The van der Waals surface area contributed by atoms with Crippen LogP contribution in [0.2, 0.25) is 10.0 Å². The zero-order valence-electron chi connectivity index (χ0n) is 26.6. The number of aromatic nitrogens is 5. The molecule has 13 heteroatoms. The number of hydrogen-bond donors (Lipinski definition) is 1. The van der Waals surface area contributed by atoms with Crippen molar-refractivity contribution in [3.8, 4) is 17.2 Å². The second kappa shape index (κ2) is 11.5. The third-order valence-corrected chi connectivity index (χ3v) is 10.8. The van der Waals surface area contributed by atoms with Crippen molar-refractivity contribution in [2.24, 2.45) is 0 Å². The standard InChI is InChI=1S/C34H34Cl2FN9O/c1-6-27(47)45-10-8-20(11-19(45)7-9-38)46-32-21-12-25(36)29(28-18(2)24(35)13-26-22(28)14-39-42-26)30(37)31(21)41-33(23(32)15-40-46)44-16-34(3,17-44)43(4)5/h6,12-15,19-20H,1,7-8,10-11,16-17H2,2-5H3,(H,39,42)/t19-,20+/m1/s1. The quantitative estimate of drug-likeness (QED) is 0.201. The predicted molar refractivity (Wildman–Crippen MR) is 183 cm³/mol. The van der Waals surface area contributed by atoms with E-state index in [1.807, 2.05) is 11.6 Å². The molecule has 1 N–H and O–H groups in total. The summed E-state index contributed by atoms with van der Waals surface area (Å²) in [5.41, 5.74) is 2.95. The number of H-pyrrole nitrogens is 1. The molecule has 1 amide bonds. The minimum atomic E-state index is -0.555. The van der Waals surface area contributed by atoms with Crippen LogP contribution in [0.25, 0.3) is 43.8 Å². The number of aromatic amines is 1. The van der Waals surface area contributed by atoms with Crippen LogP contribution in [0, 0.1) is 24.1 Å². The van der Waals surface area contributed by atoms with Gasteiger partial charge in [0.15, 0.2) is 5.82 Å². The summed E-state index contributed by atoms with van der Waals surface area (Å²) in [5, 5.41) is 24.3. The molecule has 2 saturated heterocycles. The van der Waals surface area contributed by atoms with E-state index < -0.39 is 5.82 Å². The van der Waals surface area contributed by atoms with Gasteiger partial charge in [-0.25, -0.2) is 9.37 Å². The maximum Gasteiger partial charge on any atom is 0.246 e. The molecule has 5 heterocycles. The first-order valence-corrected chi connectivity index (χ1v) is 16.3. The highest BCUT2D eigenvalue weighted by Gasteiger charge is 2.43. The van der Waals surface area contributed by atoms with Crippen LogP contribution in [0.1, 0.15) is 37.8 Å². The Balaban J connectivity index is 1.45. The molecule has 2 aromatic carbocycles. The molecule has 0 unspecified atom stereocenters. The molecule has 0 bridgehead atoms. The van der Waals surface area contributed by atoms with Gasteiger partial charge in [-0.1, -0.05) is 29.8 Å². The Bertz CT molecular complexity index is 2140. The summed E-state index contributed by atoms with van der Waals surface area (Å²) in [7, 11) is 4.11. The Kier molecular flexibility index (Phi) is 7.66. The maximum atomic E-state index is 17.2. The fraction of sp³-hybridized carbons (Fsp3) is 0.382. The first-order valence-electron chi connectivity index (χ1n) is 15.5. The number of hydrogen-bond acceptors (Lipinski definition) is 7. The van der Waals surface area contributed by atoms with E-state index in [2.05, 4.69) is 53.7 Å². The highest BCUT2D eigenvalue weighted by Crippen LogP contribution is 2.46. The van der Waals surface area contributed by atoms with E-state index in [-0.39, 0.29) is 46.1 Å². The van der Waals surface area contributed by atoms with Gasteiger partial charge in [0, 0.05) is 52.6 Å². The van der Waals surface area contributed by atoms with Crippen molar-refractivity contribution in [2.45, 2.75) is 50.7 Å². The van der Waals surface area contributed by atoms with Gasteiger partial charge < -0.3 is 14.7 Å². The van der Waals surface area contributed by atoms with Gasteiger partial charge in [-0.05, 0) is 64.6 Å². The lowest BCUT2D eigenvalue weighted by Crippen LogP contribution is -2.67. The minimum Gasteiger partial charge on any atom is -0.352 e. The lowest BCUT2D eigenvalue weighted by atomic mass is 9.90. The summed E-state index contributed by atoms with van der Waals surface area (Å²) >= 11 is 13.6. The number of likely N-dealkylation sites (N-methyl/N-ethyl adjacent to an activating group) is 1. The molecular formula is C34H34Cl2FN9O. The number of nitriles is 1. The number of rotatable bonds is 6. The van der Waals surface area contributed by atoms with Gasteiger partial charge in [0.1, 0.15) is 11.3 Å². The van der Waals surface area contributed by atoms with Gasteiger partial charge in [-0.3, -0.25) is 14.6 Å². The van der Waals surface area contributed by atoms with Crippen molar-refractivity contribution >= 4 is 67.6 Å². The van der Waals surface area contributed by atoms with E-state index in [4.69, 9.17) is 33.3 Å². The van der Waals surface area contributed by atoms with Gasteiger partial charge in [0.2, 0.25) is 5.91 Å². The molecule has 0 spiro atoms. The Hall–Kier alpha value is -4.24. The Morgan fingerprint density at radius 2 is 1.98 bits per heavy atom. The fourth-order valence-corrected chi connectivity index (χ4v) is 7.75. The summed E-state index contributed by atoms with van der Waals surface area (Å²) in [4.78, 5) is 23.7. The van der Waals surface area contributed by atoms with E-state index in [0.717, 1.165) is 10.9 Å². The topological polar surface area (TPSA) is 110 Å². The first-order chi connectivity index (χ1) is 22.5. The Labute approximate surface area is 281 Å². The number of nitrogens with zero attached hydrogens (tertiary/aromatic N) is 8. The van der Waals surface area contributed by atoms with E-state index >= 15 is 4.39 Å². The average Bonchev–Trinajstić information content (AvgIpc) is 3.68. The molecule has 10 nitrogen and oxygen atoms in total. The zero-order chi connectivity index (χ0) is 33.4. The molecule has 2 aliphatic heterocycles. The molecule has 7 rings (SSSR count). The molecule has 0 saturated carbocycles. The summed E-state index contributed by atoms with van der Waals surface area (Å²) in [6.07, 6.45) is 6.03. The lowest BCUT2D eigenvalue weighted by molar-refractivity contribution is -0.130. The molecule has 2 atom stereocenters. The summed E-state index contributed by atoms with van der Waals surface area (Å²) < 4.78 is 19.1. The number of anilines is 1. The van der Waals surface area contributed by atoms with Crippen molar-refractivity contribution < 1.29 is 9.18 Å². The van der Waals surface area contributed by atoms with Crippen molar-refractivity contribution in [1.29, 1.82) is 5.26 Å². The van der Waals surface area contributed by atoms with Crippen LogP contribution in [-0.4, -0.2) is 86.0 Å². The number of piperidine rings is 1. The first kappa shape index (κ1) is 31.4. The van der Waals surface area contributed by atoms with E-state index in [1.54, 1.807) is 29.4 Å². The van der Waals surface area contributed by atoms with Crippen LogP contribution in [0.5, 0.6) is 0 Å². The van der Waals surface area contributed by atoms with Crippen LogP contribution in [0.3, 0.4) is 0 Å². The number of likely N-dealkylation sites (tertiary alicyclic amines) is 1. The monoisotopic (exact) mass is 673 g/mol. The normalized spacial score (nSPS) is 19.5. The molecular weight excluding hydrogens is 640 g/mol. The van der Waals surface area contributed by atoms with Crippen molar-refractivity contribution in [3.05, 3.63) is 58.6 Å². The highest BCUT2D eigenvalue weighted by molar-refractivity contribution is 6.36. The fourth-order valence-electron chi connectivity index (χ4n) is 7.26. The number of benzene rings is 2. The number of fused-ring (bicyclic) bond motifs is 4. The third kappa shape index (κ3) is 4.84. The predicted octanol–water partition coefficient (Wildman–Crippen LogP) is 6.65. The number of nitrogens with one attached hydrogen (secondary N) is 1. The molecule has 2 aliphatic rings. The second-order valence-corrected chi connectivity index (χ2v) is 13.9. The number of amides is 1. The van der Waals surface area contributed by atoms with Crippen LogP contribution < -0.4 is 4.90 Å². The van der Waals surface area contributed by atoms with Gasteiger partial charge in [0.05, 0.1) is 57.9 Å². The minimum absolute atomic E-state index is 0.0670. The smallest absolute Gasteiger partial charge is 0.246 e. The van der Waals surface area contributed by atoms with Crippen LogP contribution >= 0.6 is 23.2 Å². The maximum absolute atomic E-state index is 17.2. The number of halogens is 3. The van der Waals surface area contributed by atoms with E-state index in [0.29, 0.717) is 70.7 Å². The highest BCUT2D eigenvalue weighted by atomic mass is 35.5. The molecule has 0 aliphatic carbocycles. The zero-order valence-corrected chi connectivity index (χ0v) is 28.1. The molecule has 242 valence electrons. The molecule has 5 aromatic rings. The Morgan fingerprint density at radius 1 is 1.21 bits per heavy atom.